The predicted octanol–water partition coefficient (Wildman–Crippen LogP) is 1.60. The van der Waals surface area contributed by atoms with Gasteiger partial charge in [0.2, 0.25) is 5.91 Å². The third kappa shape index (κ3) is 2.64. The topological polar surface area (TPSA) is 60.2 Å². The minimum Gasteiger partial charge on any atom is -0.366 e. The van der Waals surface area contributed by atoms with Crippen LogP contribution >= 0.6 is 11.8 Å². The van der Waals surface area contributed by atoms with Gasteiger partial charge in [0, 0.05) is 24.2 Å². The van der Waals surface area contributed by atoms with Gasteiger partial charge in [-0.3, -0.25) is 4.79 Å². The highest BCUT2D eigenvalue weighted by atomic mass is 32.2. The number of benzene rings is 1. The van der Waals surface area contributed by atoms with Gasteiger partial charge in [0.15, 0.2) is 5.82 Å². The third-order valence-electron chi connectivity index (χ3n) is 4.41. The van der Waals surface area contributed by atoms with Crippen LogP contribution < -0.4 is 0 Å². The summed E-state index contributed by atoms with van der Waals surface area (Å²) >= 11 is 1.76. The zero-order valence-corrected chi connectivity index (χ0v) is 13.7. The van der Waals surface area contributed by atoms with Crippen molar-refractivity contribution in [2.45, 2.75) is 16.9 Å². The van der Waals surface area contributed by atoms with E-state index in [1.54, 1.807) is 18.1 Å². The molecule has 120 valence electrons. The molecular formula is C16H18N4O2S. The van der Waals surface area contributed by atoms with Crippen LogP contribution in [0.2, 0.25) is 0 Å². The van der Waals surface area contributed by atoms with Gasteiger partial charge < -0.3 is 14.2 Å². The highest BCUT2D eigenvalue weighted by molar-refractivity contribution is 7.99. The fourth-order valence-electron chi connectivity index (χ4n) is 3.18. The number of nitrogens with zero attached hydrogens (tertiary/aromatic N) is 4. The van der Waals surface area contributed by atoms with Gasteiger partial charge in [-0.1, -0.05) is 18.2 Å². The second-order valence-corrected chi connectivity index (χ2v) is 6.91. The Bertz CT molecular complexity index is 732. The lowest BCUT2D eigenvalue weighted by atomic mass is 9.99. The number of aromatic nitrogens is 3. The van der Waals surface area contributed by atoms with E-state index < -0.39 is 0 Å². The minimum atomic E-state index is -0.204. The molecule has 2 atom stereocenters. The number of carbonyl (C=O) groups is 1. The molecule has 1 fully saturated rings. The zero-order chi connectivity index (χ0) is 15.8. The summed E-state index contributed by atoms with van der Waals surface area (Å²) in [5.74, 6) is 1.74. The van der Waals surface area contributed by atoms with Gasteiger partial charge in [-0.15, -0.1) is 22.0 Å². The van der Waals surface area contributed by atoms with Crippen molar-refractivity contribution < 1.29 is 9.53 Å². The summed E-state index contributed by atoms with van der Waals surface area (Å²) in [6.07, 6.45) is 1.45. The maximum Gasteiger partial charge on any atom is 0.231 e. The number of rotatable bonds is 2. The van der Waals surface area contributed by atoms with E-state index in [9.17, 15) is 4.79 Å². The molecule has 0 unspecified atom stereocenters. The van der Waals surface area contributed by atoms with E-state index in [0.29, 0.717) is 19.7 Å². The van der Waals surface area contributed by atoms with E-state index in [2.05, 4.69) is 22.3 Å². The van der Waals surface area contributed by atoms with Gasteiger partial charge >= 0.3 is 0 Å². The third-order valence-corrected chi connectivity index (χ3v) is 5.59. The summed E-state index contributed by atoms with van der Waals surface area (Å²) in [6.45, 7) is 1.70. The normalized spacial score (nSPS) is 23.8. The summed E-state index contributed by atoms with van der Waals surface area (Å²) in [5.41, 5.74) is 1.16. The summed E-state index contributed by atoms with van der Waals surface area (Å²) < 4.78 is 7.64. The van der Waals surface area contributed by atoms with Crippen LogP contribution in [0.3, 0.4) is 0 Å². The number of hydrogen-bond donors (Lipinski definition) is 0. The molecule has 6 nitrogen and oxygen atoms in total. The van der Waals surface area contributed by atoms with Crippen molar-refractivity contribution in [3.8, 4) is 0 Å². The van der Waals surface area contributed by atoms with E-state index in [0.717, 1.165) is 17.1 Å². The predicted molar refractivity (Wildman–Crippen MR) is 86.2 cm³/mol. The van der Waals surface area contributed by atoms with Crippen LogP contribution in [0.1, 0.15) is 23.4 Å². The Labute approximate surface area is 138 Å². The maximum atomic E-state index is 13.0. The lowest BCUT2D eigenvalue weighted by Gasteiger charge is -2.34. The van der Waals surface area contributed by atoms with Crippen molar-refractivity contribution in [1.29, 1.82) is 0 Å². The highest BCUT2D eigenvalue weighted by Gasteiger charge is 2.35. The number of fused-ring (bicyclic) bond motifs is 1. The number of morpholine rings is 1. The molecule has 23 heavy (non-hydrogen) atoms. The molecule has 0 N–H and O–H groups in total. The number of aryl methyl sites for hydroxylation is 1. The van der Waals surface area contributed by atoms with E-state index in [1.165, 1.54) is 4.90 Å². The van der Waals surface area contributed by atoms with E-state index in [4.69, 9.17) is 4.74 Å². The molecule has 1 saturated heterocycles. The molecule has 0 radical (unpaired) electrons. The summed E-state index contributed by atoms with van der Waals surface area (Å²) in [6, 6.07) is 8.19. The largest absolute Gasteiger partial charge is 0.366 e. The summed E-state index contributed by atoms with van der Waals surface area (Å²) in [7, 11) is 1.89. The standard InChI is InChI=1S/C16H18N4O2S/c1-19-10-17-18-15(19)13-8-20(6-7-22-13)16(21)12-9-23-14-5-3-2-4-11(12)14/h2-5,10,12-13H,6-9H2,1H3/t12-,13+/m1/s1. The van der Waals surface area contributed by atoms with Crippen LogP contribution in [0.5, 0.6) is 0 Å². The average molecular weight is 330 g/mol. The quantitative estimate of drug-likeness (QED) is 0.837. The van der Waals surface area contributed by atoms with Gasteiger partial charge in [0.25, 0.3) is 0 Å². The van der Waals surface area contributed by atoms with Crippen LogP contribution in [-0.4, -0.2) is 51.0 Å². The van der Waals surface area contributed by atoms with Crippen molar-refractivity contribution >= 4 is 17.7 Å². The summed E-state index contributed by atoms with van der Waals surface area (Å²) in [4.78, 5) is 16.1. The maximum absolute atomic E-state index is 13.0. The number of ether oxygens (including phenoxy) is 1. The first-order valence-electron chi connectivity index (χ1n) is 7.70. The SMILES string of the molecule is Cn1cnnc1[C@@H]1CN(C(=O)[C@@H]2CSc3ccccc32)CCO1. The first-order chi connectivity index (χ1) is 11.2. The van der Waals surface area contributed by atoms with Gasteiger partial charge in [-0.05, 0) is 11.6 Å². The molecule has 0 aliphatic carbocycles. The molecule has 0 spiro atoms. The smallest absolute Gasteiger partial charge is 0.231 e. The molecule has 1 amide bonds. The molecule has 7 heteroatoms. The Kier molecular flexibility index (Phi) is 3.82. The van der Waals surface area contributed by atoms with Gasteiger partial charge in [0.05, 0.1) is 19.1 Å². The fraction of sp³-hybridized carbons (Fsp3) is 0.438. The molecule has 0 bridgehead atoms. The molecule has 2 aromatic rings. The Morgan fingerprint density at radius 3 is 3.09 bits per heavy atom. The second kappa shape index (κ2) is 5.98. The molecule has 1 aromatic heterocycles. The van der Waals surface area contributed by atoms with Crippen LogP contribution in [0, 0.1) is 0 Å². The lowest BCUT2D eigenvalue weighted by molar-refractivity contribution is -0.140. The first kappa shape index (κ1) is 14.7. The van der Waals surface area contributed by atoms with Crippen LogP contribution in [0.15, 0.2) is 35.5 Å². The molecule has 2 aliphatic heterocycles. The van der Waals surface area contributed by atoms with Gasteiger partial charge in [-0.25, -0.2) is 0 Å². The van der Waals surface area contributed by atoms with Crippen molar-refractivity contribution in [1.82, 2.24) is 19.7 Å². The number of thioether (sulfide) groups is 1. The van der Waals surface area contributed by atoms with Gasteiger partial charge in [-0.2, -0.15) is 0 Å². The molecule has 4 rings (SSSR count). The fourth-order valence-corrected chi connectivity index (χ4v) is 4.40. The molecular weight excluding hydrogens is 312 g/mol. The van der Waals surface area contributed by atoms with Crippen LogP contribution in [0.25, 0.3) is 0 Å². The van der Waals surface area contributed by atoms with Crippen molar-refractivity contribution in [3.05, 3.63) is 42.0 Å². The zero-order valence-electron chi connectivity index (χ0n) is 12.9. The second-order valence-electron chi connectivity index (χ2n) is 5.85. The van der Waals surface area contributed by atoms with E-state index in [-0.39, 0.29) is 17.9 Å². The van der Waals surface area contributed by atoms with E-state index >= 15 is 0 Å². The molecule has 2 aliphatic rings. The Morgan fingerprint density at radius 2 is 2.26 bits per heavy atom. The average Bonchev–Trinajstić information content (AvgIpc) is 3.20. The Hall–Kier alpha value is -1.86. The Morgan fingerprint density at radius 1 is 1.39 bits per heavy atom. The molecule has 3 heterocycles. The van der Waals surface area contributed by atoms with Crippen molar-refractivity contribution in [3.63, 3.8) is 0 Å². The monoisotopic (exact) mass is 330 g/mol. The molecule has 1 aromatic carbocycles. The van der Waals surface area contributed by atoms with Crippen LogP contribution in [0.4, 0.5) is 0 Å². The lowest BCUT2D eigenvalue weighted by Crippen LogP contribution is -2.45. The first-order valence-corrected chi connectivity index (χ1v) is 8.68. The minimum absolute atomic E-state index is 0.0468. The van der Waals surface area contributed by atoms with Crippen molar-refractivity contribution in [2.24, 2.45) is 7.05 Å². The molecule has 0 saturated carbocycles. The number of hydrogen-bond acceptors (Lipinski definition) is 5. The number of carbonyl (C=O) groups excluding carboxylic acids is 1. The highest BCUT2D eigenvalue weighted by Crippen LogP contribution is 2.40. The Balaban J connectivity index is 1.52. The van der Waals surface area contributed by atoms with Crippen LogP contribution in [-0.2, 0) is 16.6 Å². The summed E-state index contributed by atoms with van der Waals surface area (Å²) in [5, 5.41) is 8.01. The van der Waals surface area contributed by atoms with E-state index in [1.807, 2.05) is 28.6 Å². The van der Waals surface area contributed by atoms with Crippen molar-refractivity contribution in [2.75, 3.05) is 25.4 Å². The van der Waals surface area contributed by atoms with Gasteiger partial charge in [0.1, 0.15) is 12.4 Å². The number of amides is 1.